The van der Waals surface area contributed by atoms with E-state index in [9.17, 15) is 22.8 Å². The minimum absolute atomic E-state index is 0.0189. The molecule has 2 fully saturated rings. The number of carboxylic acid groups (broad SMARTS) is 1. The van der Waals surface area contributed by atoms with Crippen molar-refractivity contribution in [2.75, 3.05) is 20.1 Å². The van der Waals surface area contributed by atoms with Crippen LogP contribution in [0.2, 0.25) is 0 Å². The molecule has 1 saturated carbocycles. The van der Waals surface area contributed by atoms with E-state index in [4.69, 9.17) is 9.90 Å². The predicted octanol–water partition coefficient (Wildman–Crippen LogP) is 3.53. The van der Waals surface area contributed by atoms with Crippen LogP contribution in [0.25, 0.3) is 0 Å². The first-order valence-corrected chi connectivity index (χ1v) is 10.7. The Hall–Kier alpha value is -3.43. The minimum atomic E-state index is -5.08. The lowest BCUT2D eigenvalue weighted by Gasteiger charge is -2.19. The molecule has 1 spiro atoms. The van der Waals surface area contributed by atoms with E-state index in [-0.39, 0.29) is 23.1 Å². The largest absolute Gasteiger partial charge is 0.490 e. The molecule has 2 aromatic rings. The van der Waals surface area contributed by atoms with Crippen LogP contribution in [0.5, 0.6) is 0 Å². The molecule has 2 atom stereocenters. The van der Waals surface area contributed by atoms with Crippen molar-refractivity contribution in [1.29, 1.82) is 0 Å². The number of carbonyl (C=O) groups is 3. The van der Waals surface area contributed by atoms with Gasteiger partial charge in [-0.1, -0.05) is 23.8 Å². The highest BCUT2D eigenvalue weighted by Gasteiger charge is 2.61. The number of amides is 2. The van der Waals surface area contributed by atoms with Gasteiger partial charge in [-0.2, -0.15) is 13.2 Å². The Morgan fingerprint density at radius 2 is 1.91 bits per heavy atom. The minimum Gasteiger partial charge on any atom is -0.475 e. The Balaban J connectivity index is 0.000000406. The second-order valence-corrected chi connectivity index (χ2v) is 8.78. The van der Waals surface area contributed by atoms with E-state index in [1.165, 1.54) is 0 Å². The van der Waals surface area contributed by atoms with E-state index < -0.39 is 12.1 Å². The molecule has 0 radical (unpaired) electrons. The van der Waals surface area contributed by atoms with Crippen molar-refractivity contribution in [2.24, 2.45) is 11.3 Å². The molecule has 0 bridgehead atoms. The van der Waals surface area contributed by atoms with Gasteiger partial charge in [0, 0.05) is 43.2 Å². The summed E-state index contributed by atoms with van der Waals surface area (Å²) in [5.41, 5.74) is 2.70. The van der Waals surface area contributed by atoms with E-state index in [0.29, 0.717) is 13.1 Å². The maximum Gasteiger partial charge on any atom is 0.490 e. The number of pyridine rings is 1. The van der Waals surface area contributed by atoms with E-state index in [1.807, 2.05) is 61.3 Å². The summed E-state index contributed by atoms with van der Waals surface area (Å²) in [7, 11) is 1.84. The molecule has 2 aliphatic rings. The van der Waals surface area contributed by atoms with E-state index in [0.717, 1.165) is 36.2 Å². The summed E-state index contributed by atoms with van der Waals surface area (Å²) < 4.78 is 31.7. The molecular weight excluding hydrogens is 451 g/mol. The number of aliphatic carboxylic acids is 1. The van der Waals surface area contributed by atoms with E-state index in [2.05, 4.69) is 4.98 Å². The average Bonchev–Trinajstić information content (AvgIpc) is 3.32. The van der Waals surface area contributed by atoms with Crippen LogP contribution < -0.4 is 0 Å². The van der Waals surface area contributed by atoms with Gasteiger partial charge < -0.3 is 14.9 Å². The second-order valence-electron chi connectivity index (χ2n) is 8.78. The summed E-state index contributed by atoms with van der Waals surface area (Å²) in [5.74, 6) is -2.48. The molecule has 34 heavy (non-hydrogen) atoms. The molecule has 1 aromatic carbocycles. The molecule has 2 amide bonds. The zero-order valence-electron chi connectivity index (χ0n) is 18.9. The first-order chi connectivity index (χ1) is 15.9. The Kier molecular flexibility index (Phi) is 7.28. The molecule has 2 heterocycles. The molecule has 1 aliphatic heterocycles. The molecule has 7 nitrogen and oxygen atoms in total. The summed E-state index contributed by atoms with van der Waals surface area (Å²) >= 11 is 0. The van der Waals surface area contributed by atoms with Crippen LogP contribution in [0.4, 0.5) is 13.2 Å². The highest BCUT2D eigenvalue weighted by Crippen LogP contribution is 2.59. The maximum absolute atomic E-state index is 12.9. The van der Waals surface area contributed by atoms with Gasteiger partial charge in [-0.05, 0) is 44.0 Å². The van der Waals surface area contributed by atoms with Gasteiger partial charge in [0.1, 0.15) is 0 Å². The topological polar surface area (TPSA) is 90.8 Å². The van der Waals surface area contributed by atoms with Crippen molar-refractivity contribution in [1.82, 2.24) is 14.8 Å². The molecule has 1 aromatic heterocycles. The zero-order valence-corrected chi connectivity index (χ0v) is 18.9. The predicted molar refractivity (Wildman–Crippen MR) is 117 cm³/mol. The van der Waals surface area contributed by atoms with Gasteiger partial charge in [-0.25, -0.2) is 4.79 Å². The Morgan fingerprint density at radius 1 is 1.21 bits per heavy atom. The van der Waals surface area contributed by atoms with Gasteiger partial charge in [0.15, 0.2) is 0 Å². The quantitative estimate of drug-likeness (QED) is 0.728. The lowest BCUT2D eigenvalue weighted by atomic mass is 10.0. The summed E-state index contributed by atoms with van der Waals surface area (Å²) in [4.78, 5) is 42.5. The smallest absolute Gasteiger partial charge is 0.475 e. The number of hydrogen-bond acceptors (Lipinski definition) is 4. The number of carbonyl (C=O) groups excluding carboxylic acids is 2. The third-order valence-electron chi connectivity index (χ3n) is 6.17. The van der Waals surface area contributed by atoms with Gasteiger partial charge in [0.2, 0.25) is 5.91 Å². The molecule has 2 unspecified atom stereocenters. The standard InChI is InChI=1S/C22H25N3O2.C2HF3O2/c1-16-6-5-7-17(12-16)20(26)25-11-9-22(15-25)13-19(22)21(27)24(2)14-18-8-3-4-10-23-18;3-2(4,5)1(6)7/h3-8,10,12,19H,9,11,13-15H2,1-2H3;(H,6,7). The first kappa shape index (κ1) is 25.2. The normalized spacial score (nSPS) is 21.0. The van der Waals surface area contributed by atoms with Gasteiger partial charge in [0.25, 0.3) is 5.91 Å². The average molecular weight is 477 g/mol. The van der Waals surface area contributed by atoms with Gasteiger partial charge >= 0.3 is 12.1 Å². The van der Waals surface area contributed by atoms with E-state index in [1.54, 1.807) is 11.1 Å². The van der Waals surface area contributed by atoms with Crippen molar-refractivity contribution >= 4 is 17.8 Å². The molecular formula is C24H26F3N3O4. The first-order valence-electron chi connectivity index (χ1n) is 10.7. The lowest BCUT2D eigenvalue weighted by Crippen LogP contribution is -2.32. The molecule has 10 heteroatoms. The van der Waals surface area contributed by atoms with Gasteiger partial charge in [0.05, 0.1) is 12.2 Å². The number of benzene rings is 1. The SMILES string of the molecule is Cc1cccc(C(=O)N2CCC3(CC3C(=O)N(C)Cc3ccccn3)C2)c1.O=C(O)C(F)(F)F. The fourth-order valence-electron chi connectivity index (χ4n) is 4.26. The lowest BCUT2D eigenvalue weighted by molar-refractivity contribution is -0.192. The Morgan fingerprint density at radius 3 is 2.50 bits per heavy atom. The highest BCUT2D eigenvalue weighted by molar-refractivity contribution is 5.95. The third-order valence-corrected chi connectivity index (χ3v) is 6.17. The van der Waals surface area contributed by atoms with Crippen molar-refractivity contribution < 1.29 is 32.7 Å². The highest BCUT2D eigenvalue weighted by atomic mass is 19.4. The number of nitrogens with zero attached hydrogens (tertiary/aromatic N) is 3. The number of carboxylic acids is 1. The van der Waals surface area contributed by atoms with Crippen molar-refractivity contribution in [2.45, 2.75) is 32.5 Å². The van der Waals surface area contributed by atoms with Crippen LogP contribution in [0.1, 0.15) is 34.5 Å². The summed E-state index contributed by atoms with van der Waals surface area (Å²) in [6, 6.07) is 13.5. The molecule has 182 valence electrons. The fraction of sp³-hybridized carbons (Fsp3) is 0.417. The van der Waals surface area contributed by atoms with Crippen LogP contribution in [-0.2, 0) is 16.1 Å². The Bertz CT molecular complexity index is 1060. The number of rotatable bonds is 4. The Labute approximate surface area is 195 Å². The second kappa shape index (κ2) is 9.82. The molecule has 1 saturated heterocycles. The van der Waals surface area contributed by atoms with Crippen LogP contribution in [-0.4, -0.2) is 64.0 Å². The van der Waals surface area contributed by atoms with Crippen LogP contribution in [0.3, 0.4) is 0 Å². The maximum atomic E-state index is 12.9. The number of hydrogen-bond donors (Lipinski definition) is 1. The molecule has 1 N–H and O–H groups in total. The number of likely N-dealkylation sites (tertiary alicyclic amines) is 1. The van der Waals surface area contributed by atoms with Crippen molar-refractivity contribution in [3.63, 3.8) is 0 Å². The van der Waals surface area contributed by atoms with Crippen LogP contribution in [0, 0.1) is 18.3 Å². The number of halogens is 3. The van der Waals surface area contributed by atoms with Crippen molar-refractivity contribution in [3.8, 4) is 0 Å². The van der Waals surface area contributed by atoms with Gasteiger partial charge in [-0.15, -0.1) is 0 Å². The summed E-state index contributed by atoms with van der Waals surface area (Å²) in [6.07, 6.45) is -1.54. The monoisotopic (exact) mass is 477 g/mol. The van der Waals surface area contributed by atoms with E-state index >= 15 is 0 Å². The number of aromatic nitrogens is 1. The molecule has 1 aliphatic carbocycles. The summed E-state index contributed by atoms with van der Waals surface area (Å²) in [6.45, 7) is 3.95. The number of aryl methyl sites for hydroxylation is 1. The molecule has 4 rings (SSSR count). The number of alkyl halides is 3. The van der Waals surface area contributed by atoms with Crippen molar-refractivity contribution in [3.05, 3.63) is 65.5 Å². The third kappa shape index (κ3) is 5.92. The van der Waals surface area contributed by atoms with Crippen LogP contribution >= 0.6 is 0 Å². The van der Waals surface area contributed by atoms with Gasteiger partial charge in [-0.3, -0.25) is 14.6 Å². The van der Waals surface area contributed by atoms with Crippen LogP contribution in [0.15, 0.2) is 48.7 Å². The summed E-state index contributed by atoms with van der Waals surface area (Å²) in [5, 5.41) is 7.12. The fourth-order valence-corrected chi connectivity index (χ4v) is 4.26. The zero-order chi connectivity index (χ0) is 25.1.